The van der Waals surface area contributed by atoms with E-state index in [9.17, 15) is 4.79 Å². The van der Waals surface area contributed by atoms with Gasteiger partial charge < -0.3 is 10.5 Å². The molecule has 0 saturated heterocycles. The number of anilines is 1. The molecular weight excluding hydrogens is 286 g/mol. The van der Waals surface area contributed by atoms with E-state index in [4.69, 9.17) is 22.1 Å². The molecule has 0 aliphatic heterocycles. The van der Waals surface area contributed by atoms with E-state index in [0.717, 1.165) is 18.4 Å². The van der Waals surface area contributed by atoms with Crippen LogP contribution < -0.4 is 5.73 Å². The first-order chi connectivity index (χ1) is 10.1. The maximum atomic E-state index is 12.1. The number of carbonyl (C=O) groups excluding carboxylic acids is 1. The van der Waals surface area contributed by atoms with Crippen molar-refractivity contribution in [3.05, 3.63) is 63.7 Å². The molecule has 2 N–H and O–H groups in total. The van der Waals surface area contributed by atoms with Gasteiger partial charge in [0.15, 0.2) is 0 Å². The highest BCUT2D eigenvalue weighted by Crippen LogP contribution is 2.24. The lowest BCUT2D eigenvalue weighted by Gasteiger charge is -2.09. The van der Waals surface area contributed by atoms with Crippen LogP contribution in [0.1, 0.15) is 33.5 Å². The monoisotopic (exact) mass is 301 g/mol. The molecule has 4 heteroatoms. The van der Waals surface area contributed by atoms with Gasteiger partial charge in [-0.2, -0.15) is 0 Å². The maximum Gasteiger partial charge on any atom is 0.340 e. The summed E-state index contributed by atoms with van der Waals surface area (Å²) in [4.78, 5) is 12.1. The summed E-state index contributed by atoms with van der Waals surface area (Å²) in [6, 6.07) is 11.0. The molecule has 0 spiro atoms. The summed E-state index contributed by atoms with van der Waals surface area (Å²) < 4.78 is 5.33. The fourth-order valence-corrected chi connectivity index (χ4v) is 2.82. The second kappa shape index (κ2) is 5.78. The van der Waals surface area contributed by atoms with Crippen molar-refractivity contribution in [2.24, 2.45) is 0 Å². The number of rotatable bonds is 3. The van der Waals surface area contributed by atoms with E-state index >= 15 is 0 Å². The third-order valence-corrected chi connectivity index (χ3v) is 4.00. The van der Waals surface area contributed by atoms with Crippen molar-refractivity contribution in [3.8, 4) is 0 Å². The van der Waals surface area contributed by atoms with Crippen LogP contribution in [-0.4, -0.2) is 5.97 Å². The standard InChI is InChI=1S/C17H16ClNO2/c18-14-6-7-16(19)15(9-14)17(20)21-10-11-4-5-12-2-1-3-13(12)8-11/h4-9H,1-3,10,19H2. The predicted molar refractivity (Wildman–Crippen MR) is 83.5 cm³/mol. The molecule has 1 aliphatic carbocycles. The van der Waals surface area contributed by atoms with E-state index in [0.29, 0.717) is 16.3 Å². The summed E-state index contributed by atoms with van der Waals surface area (Å²) in [7, 11) is 0. The number of hydrogen-bond donors (Lipinski definition) is 1. The zero-order chi connectivity index (χ0) is 14.8. The minimum Gasteiger partial charge on any atom is -0.457 e. The van der Waals surface area contributed by atoms with Gasteiger partial charge in [-0.1, -0.05) is 29.8 Å². The second-order valence-corrected chi connectivity index (χ2v) is 5.70. The summed E-state index contributed by atoms with van der Waals surface area (Å²) in [6.45, 7) is 0.248. The Morgan fingerprint density at radius 3 is 2.81 bits per heavy atom. The largest absolute Gasteiger partial charge is 0.457 e. The molecule has 1 aliphatic rings. The molecule has 2 aromatic carbocycles. The zero-order valence-corrected chi connectivity index (χ0v) is 12.3. The first-order valence-corrected chi connectivity index (χ1v) is 7.34. The first-order valence-electron chi connectivity index (χ1n) is 6.96. The summed E-state index contributed by atoms with van der Waals surface area (Å²) in [5.41, 5.74) is 10.2. The van der Waals surface area contributed by atoms with Crippen molar-refractivity contribution in [2.75, 3.05) is 5.73 Å². The summed E-state index contributed by atoms with van der Waals surface area (Å²) in [5.74, 6) is -0.449. The van der Waals surface area contributed by atoms with Gasteiger partial charge in [0.25, 0.3) is 0 Å². The molecule has 0 heterocycles. The molecule has 0 aromatic heterocycles. The highest BCUT2D eigenvalue weighted by molar-refractivity contribution is 6.31. The highest BCUT2D eigenvalue weighted by Gasteiger charge is 2.14. The van der Waals surface area contributed by atoms with E-state index in [1.807, 2.05) is 6.07 Å². The van der Waals surface area contributed by atoms with Gasteiger partial charge in [0.1, 0.15) is 6.61 Å². The van der Waals surface area contributed by atoms with Gasteiger partial charge in [-0.3, -0.25) is 0 Å². The lowest BCUT2D eigenvalue weighted by molar-refractivity contribution is 0.0474. The molecule has 3 rings (SSSR count). The topological polar surface area (TPSA) is 52.3 Å². The lowest BCUT2D eigenvalue weighted by atomic mass is 10.1. The van der Waals surface area contributed by atoms with Crippen molar-refractivity contribution in [1.82, 2.24) is 0 Å². The van der Waals surface area contributed by atoms with Crippen molar-refractivity contribution in [1.29, 1.82) is 0 Å². The molecule has 3 nitrogen and oxygen atoms in total. The minimum atomic E-state index is -0.449. The minimum absolute atomic E-state index is 0.248. The molecule has 0 unspecified atom stereocenters. The van der Waals surface area contributed by atoms with E-state index in [1.165, 1.54) is 23.6 Å². The molecule has 0 bridgehead atoms. The van der Waals surface area contributed by atoms with Crippen molar-refractivity contribution < 1.29 is 9.53 Å². The van der Waals surface area contributed by atoms with E-state index in [1.54, 1.807) is 12.1 Å². The normalized spacial score (nSPS) is 13.0. The highest BCUT2D eigenvalue weighted by atomic mass is 35.5. The molecule has 0 radical (unpaired) electrons. The molecule has 0 amide bonds. The molecule has 0 saturated carbocycles. The Balaban J connectivity index is 1.70. The Morgan fingerprint density at radius 1 is 1.14 bits per heavy atom. The fourth-order valence-electron chi connectivity index (χ4n) is 2.65. The zero-order valence-electron chi connectivity index (χ0n) is 11.6. The van der Waals surface area contributed by atoms with Crippen LogP contribution in [0.15, 0.2) is 36.4 Å². The van der Waals surface area contributed by atoms with Gasteiger partial charge in [-0.05, 0) is 54.2 Å². The number of halogens is 1. The summed E-state index contributed by atoms with van der Waals surface area (Å²) in [5, 5.41) is 0.466. The van der Waals surface area contributed by atoms with Gasteiger partial charge in [-0.15, -0.1) is 0 Å². The van der Waals surface area contributed by atoms with Gasteiger partial charge >= 0.3 is 5.97 Å². The van der Waals surface area contributed by atoms with Gasteiger partial charge in [0, 0.05) is 10.7 Å². The average Bonchev–Trinajstić information content (AvgIpc) is 2.94. The Bertz CT molecular complexity index is 697. The average molecular weight is 302 g/mol. The van der Waals surface area contributed by atoms with E-state index in [2.05, 4.69) is 12.1 Å². The number of hydrogen-bond acceptors (Lipinski definition) is 3. The van der Waals surface area contributed by atoms with Crippen LogP contribution >= 0.6 is 11.6 Å². The molecule has 0 fully saturated rings. The number of nitrogen functional groups attached to an aromatic ring is 1. The van der Waals surface area contributed by atoms with Crippen molar-refractivity contribution in [3.63, 3.8) is 0 Å². The fraction of sp³-hybridized carbons (Fsp3) is 0.235. The number of nitrogens with two attached hydrogens (primary N) is 1. The van der Waals surface area contributed by atoms with E-state index in [-0.39, 0.29) is 6.61 Å². The Hall–Kier alpha value is -2.00. The third kappa shape index (κ3) is 3.03. The van der Waals surface area contributed by atoms with Crippen LogP contribution in [0, 0.1) is 0 Å². The van der Waals surface area contributed by atoms with Crippen LogP contribution in [0.25, 0.3) is 0 Å². The molecule has 108 valence electrons. The molecular formula is C17H16ClNO2. The van der Waals surface area contributed by atoms with Crippen LogP contribution in [0.4, 0.5) is 5.69 Å². The molecule has 21 heavy (non-hydrogen) atoms. The van der Waals surface area contributed by atoms with Gasteiger partial charge in [0.05, 0.1) is 5.56 Å². The Kier molecular flexibility index (Phi) is 3.84. The number of aryl methyl sites for hydroxylation is 2. The second-order valence-electron chi connectivity index (χ2n) is 5.26. The van der Waals surface area contributed by atoms with E-state index < -0.39 is 5.97 Å². The van der Waals surface area contributed by atoms with Crippen molar-refractivity contribution >= 4 is 23.3 Å². The molecule has 2 aromatic rings. The quantitative estimate of drug-likeness (QED) is 0.693. The summed E-state index contributed by atoms with van der Waals surface area (Å²) >= 11 is 5.88. The smallest absolute Gasteiger partial charge is 0.340 e. The lowest BCUT2D eigenvalue weighted by Crippen LogP contribution is -2.08. The Morgan fingerprint density at radius 2 is 1.95 bits per heavy atom. The first kappa shape index (κ1) is 14.0. The number of carbonyl (C=O) groups is 1. The number of ether oxygens (including phenoxy) is 1. The van der Waals surface area contributed by atoms with Crippen molar-refractivity contribution in [2.45, 2.75) is 25.9 Å². The third-order valence-electron chi connectivity index (χ3n) is 3.77. The van der Waals surface area contributed by atoms with Gasteiger partial charge in [0.2, 0.25) is 0 Å². The molecule has 0 atom stereocenters. The van der Waals surface area contributed by atoms with Crippen LogP contribution in [0.3, 0.4) is 0 Å². The maximum absolute atomic E-state index is 12.1. The number of benzene rings is 2. The van der Waals surface area contributed by atoms with Crippen LogP contribution in [0.5, 0.6) is 0 Å². The van der Waals surface area contributed by atoms with Crippen LogP contribution in [0.2, 0.25) is 5.02 Å². The summed E-state index contributed by atoms with van der Waals surface area (Å²) in [6.07, 6.45) is 3.46. The number of esters is 1. The van der Waals surface area contributed by atoms with Crippen LogP contribution in [-0.2, 0) is 24.2 Å². The van der Waals surface area contributed by atoms with Gasteiger partial charge in [-0.25, -0.2) is 4.79 Å². The SMILES string of the molecule is Nc1ccc(Cl)cc1C(=O)OCc1ccc2c(c1)CCC2. The predicted octanol–water partition coefficient (Wildman–Crippen LogP) is 3.77. The number of fused-ring (bicyclic) bond motifs is 1. The Labute approximate surface area is 128 Å².